The van der Waals surface area contributed by atoms with Gasteiger partial charge in [-0.05, 0) is 50.2 Å². The number of carbonyl (C=O) groups is 2. The first kappa shape index (κ1) is 17.5. The molecule has 1 amide bonds. The number of carboxylic acid groups (broad SMARTS) is 1. The molecule has 0 aliphatic carbocycles. The van der Waals surface area contributed by atoms with Gasteiger partial charge in [0.1, 0.15) is 0 Å². The third kappa shape index (κ3) is 4.72. The molecule has 1 heterocycles. The average Bonchev–Trinajstić information content (AvgIpc) is 2.92. The first-order chi connectivity index (χ1) is 9.58. The lowest BCUT2D eigenvalue weighted by Crippen LogP contribution is -2.36. The highest BCUT2D eigenvalue weighted by molar-refractivity contribution is 5.93. The molecule has 21 heavy (non-hydrogen) atoms. The van der Waals surface area contributed by atoms with Gasteiger partial charge in [0.2, 0.25) is 5.91 Å². The molecule has 116 valence electrons. The standard InChI is InChI=1S/C15H20N2O3.ClH/c1-12(18)17(11-10-16-8-2-3-9-16)14-6-4-13(5-7-14)15(19)20;/h4-7H,2-3,8-11H2,1H3,(H,19,20);1H. The van der Waals surface area contributed by atoms with Gasteiger partial charge in [-0.2, -0.15) is 0 Å². The summed E-state index contributed by atoms with van der Waals surface area (Å²) in [7, 11) is 0. The normalized spacial score (nSPS) is 14.5. The van der Waals surface area contributed by atoms with Gasteiger partial charge in [0.15, 0.2) is 0 Å². The van der Waals surface area contributed by atoms with Gasteiger partial charge >= 0.3 is 5.97 Å². The molecule has 1 fully saturated rings. The highest BCUT2D eigenvalue weighted by atomic mass is 35.5. The summed E-state index contributed by atoms with van der Waals surface area (Å²) in [5.41, 5.74) is 0.985. The Bertz CT molecular complexity index is 484. The first-order valence-electron chi connectivity index (χ1n) is 6.92. The summed E-state index contributed by atoms with van der Waals surface area (Å²) in [6.45, 7) is 5.24. The number of rotatable bonds is 5. The van der Waals surface area contributed by atoms with Gasteiger partial charge in [0.25, 0.3) is 0 Å². The van der Waals surface area contributed by atoms with Gasteiger partial charge < -0.3 is 14.9 Å². The molecule has 1 N–H and O–H groups in total. The summed E-state index contributed by atoms with van der Waals surface area (Å²) < 4.78 is 0. The molecular weight excluding hydrogens is 292 g/mol. The maximum atomic E-state index is 11.8. The minimum atomic E-state index is -0.956. The van der Waals surface area contributed by atoms with Gasteiger partial charge in [0.05, 0.1) is 5.56 Å². The minimum Gasteiger partial charge on any atom is -0.478 e. The molecule has 0 radical (unpaired) electrons. The molecule has 5 nitrogen and oxygen atoms in total. The molecule has 0 atom stereocenters. The molecule has 0 aromatic heterocycles. The Morgan fingerprint density at radius 3 is 2.24 bits per heavy atom. The van der Waals surface area contributed by atoms with Crippen LogP contribution in [0.15, 0.2) is 24.3 Å². The van der Waals surface area contributed by atoms with Crippen LogP contribution in [0.5, 0.6) is 0 Å². The fourth-order valence-electron chi connectivity index (χ4n) is 2.50. The number of nitrogens with zero attached hydrogens (tertiary/aromatic N) is 2. The van der Waals surface area contributed by atoms with Crippen molar-refractivity contribution in [3.05, 3.63) is 29.8 Å². The number of anilines is 1. The zero-order chi connectivity index (χ0) is 14.5. The summed E-state index contributed by atoms with van der Waals surface area (Å²) in [6, 6.07) is 6.44. The molecule has 1 aromatic carbocycles. The maximum absolute atomic E-state index is 11.8. The largest absolute Gasteiger partial charge is 0.478 e. The minimum absolute atomic E-state index is 0. The average molecular weight is 313 g/mol. The van der Waals surface area contributed by atoms with E-state index in [4.69, 9.17) is 5.11 Å². The van der Waals surface area contributed by atoms with Crippen molar-refractivity contribution in [3.63, 3.8) is 0 Å². The van der Waals surface area contributed by atoms with E-state index < -0.39 is 5.97 Å². The molecule has 1 aliphatic heterocycles. The second kappa shape index (κ2) is 8.00. The predicted molar refractivity (Wildman–Crippen MR) is 84.4 cm³/mol. The zero-order valence-electron chi connectivity index (χ0n) is 12.1. The lowest BCUT2D eigenvalue weighted by molar-refractivity contribution is -0.116. The number of halogens is 1. The van der Waals surface area contributed by atoms with E-state index in [9.17, 15) is 9.59 Å². The van der Waals surface area contributed by atoms with E-state index in [0.717, 1.165) is 25.3 Å². The quantitative estimate of drug-likeness (QED) is 0.906. The smallest absolute Gasteiger partial charge is 0.335 e. The van der Waals surface area contributed by atoms with E-state index in [0.29, 0.717) is 6.54 Å². The summed E-state index contributed by atoms with van der Waals surface area (Å²) in [5, 5.41) is 8.88. The van der Waals surface area contributed by atoms with Crippen molar-refractivity contribution in [1.29, 1.82) is 0 Å². The fourth-order valence-corrected chi connectivity index (χ4v) is 2.50. The molecule has 1 aromatic rings. The van der Waals surface area contributed by atoms with Crippen molar-refractivity contribution >= 4 is 30.0 Å². The second-order valence-corrected chi connectivity index (χ2v) is 5.07. The molecular formula is C15H21ClN2O3. The molecule has 0 unspecified atom stereocenters. The van der Waals surface area contributed by atoms with Crippen molar-refractivity contribution in [2.24, 2.45) is 0 Å². The van der Waals surface area contributed by atoms with E-state index >= 15 is 0 Å². The highest BCUT2D eigenvalue weighted by Gasteiger charge is 2.16. The summed E-state index contributed by atoms with van der Waals surface area (Å²) in [4.78, 5) is 26.6. The maximum Gasteiger partial charge on any atom is 0.335 e. The van der Waals surface area contributed by atoms with Gasteiger partial charge in [-0.15, -0.1) is 12.4 Å². The second-order valence-electron chi connectivity index (χ2n) is 5.07. The lowest BCUT2D eigenvalue weighted by Gasteiger charge is -2.24. The van der Waals surface area contributed by atoms with Crippen LogP contribution in [0.4, 0.5) is 5.69 Å². The van der Waals surface area contributed by atoms with Crippen LogP contribution in [-0.4, -0.2) is 48.1 Å². The van der Waals surface area contributed by atoms with E-state index in [1.165, 1.54) is 31.9 Å². The molecule has 0 bridgehead atoms. The van der Waals surface area contributed by atoms with Crippen LogP contribution in [0, 0.1) is 0 Å². The van der Waals surface area contributed by atoms with E-state index in [1.807, 2.05) is 0 Å². The Balaban J connectivity index is 0.00000220. The van der Waals surface area contributed by atoms with Crippen LogP contribution in [0.25, 0.3) is 0 Å². The van der Waals surface area contributed by atoms with Crippen molar-refractivity contribution in [2.45, 2.75) is 19.8 Å². The van der Waals surface area contributed by atoms with Crippen molar-refractivity contribution in [2.75, 3.05) is 31.1 Å². The van der Waals surface area contributed by atoms with Gasteiger partial charge in [-0.1, -0.05) is 0 Å². The fraction of sp³-hybridized carbons (Fsp3) is 0.467. The summed E-state index contributed by atoms with van der Waals surface area (Å²) >= 11 is 0. The van der Waals surface area contributed by atoms with Gasteiger partial charge in [-0.25, -0.2) is 4.79 Å². The first-order valence-corrected chi connectivity index (χ1v) is 6.92. The molecule has 1 saturated heterocycles. The van der Waals surface area contributed by atoms with Crippen molar-refractivity contribution in [1.82, 2.24) is 4.90 Å². The predicted octanol–water partition coefficient (Wildman–Crippen LogP) is 2.26. The molecule has 1 aliphatic rings. The van der Waals surface area contributed by atoms with E-state index in [1.54, 1.807) is 17.0 Å². The Hall–Kier alpha value is -1.59. The number of hydrogen-bond acceptors (Lipinski definition) is 3. The van der Waals surface area contributed by atoms with Crippen molar-refractivity contribution in [3.8, 4) is 0 Å². The number of likely N-dealkylation sites (tertiary alicyclic amines) is 1. The number of benzene rings is 1. The third-order valence-corrected chi connectivity index (χ3v) is 3.64. The Morgan fingerprint density at radius 2 is 1.76 bits per heavy atom. The number of aromatic carboxylic acids is 1. The summed E-state index contributed by atoms with van der Waals surface area (Å²) in [5.74, 6) is -0.977. The van der Waals surface area contributed by atoms with Crippen LogP contribution < -0.4 is 4.90 Å². The Kier molecular flexibility index (Phi) is 6.65. The number of carbonyl (C=O) groups excluding carboxylic acids is 1. The SMILES string of the molecule is CC(=O)N(CCN1CCCC1)c1ccc(C(=O)O)cc1.Cl. The monoisotopic (exact) mass is 312 g/mol. The van der Waals surface area contributed by atoms with E-state index in [-0.39, 0.29) is 23.9 Å². The molecule has 6 heteroatoms. The topological polar surface area (TPSA) is 60.9 Å². The molecule has 2 rings (SSSR count). The highest BCUT2D eigenvalue weighted by Crippen LogP contribution is 2.16. The number of carboxylic acids is 1. The van der Waals surface area contributed by atoms with Crippen molar-refractivity contribution < 1.29 is 14.7 Å². The molecule has 0 saturated carbocycles. The lowest BCUT2D eigenvalue weighted by atomic mass is 10.2. The zero-order valence-corrected chi connectivity index (χ0v) is 12.9. The van der Waals surface area contributed by atoms with Crippen LogP contribution in [0.3, 0.4) is 0 Å². The molecule has 0 spiro atoms. The van der Waals surface area contributed by atoms with E-state index in [2.05, 4.69) is 4.90 Å². The van der Waals surface area contributed by atoms with Crippen LogP contribution in [0.1, 0.15) is 30.1 Å². The Morgan fingerprint density at radius 1 is 1.19 bits per heavy atom. The van der Waals surface area contributed by atoms with Crippen LogP contribution in [0.2, 0.25) is 0 Å². The Labute approximate surface area is 131 Å². The summed E-state index contributed by atoms with van der Waals surface area (Å²) in [6.07, 6.45) is 2.46. The van der Waals surface area contributed by atoms with Crippen LogP contribution >= 0.6 is 12.4 Å². The number of hydrogen-bond donors (Lipinski definition) is 1. The number of amides is 1. The third-order valence-electron chi connectivity index (χ3n) is 3.64. The van der Waals surface area contributed by atoms with Gasteiger partial charge in [-0.3, -0.25) is 4.79 Å². The van der Waals surface area contributed by atoms with Gasteiger partial charge in [0, 0.05) is 25.7 Å². The van der Waals surface area contributed by atoms with Crippen LogP contribution in [-0.2, 0) is 4.79 Å².